The van der Waals surface area contributed by atoms with Gasteiger partial charge in [0, 0.05) is 32.2 Å². The summed E-state index contributed by atoms with van der Waals surface area (Å²) in [6.07, 6.45) is 5.01. The second kappa shape index (κ2) is 5.65. The van der Waals surface area contributed by atoms with Crippen LogP contribution in [0, 0.1) is 0 Å². The van der Waals surface area contributed by atoms with Crippen molar-refractivity contribution in [1.29, 1.82) is 0 Å². The fourth-order valence-corrected chi connectivity index (χ4v) is 4.35. The van der Waals surface area contributed by atoms with E-state index in [4.69, 9.17) is 0 Å². The van der Waals surface area contributed by atoms with Gasteiger partial charge in [-0.15, -0.1) is 0 Å². The Hall–Kier alpha value is -0.170. The van der Waals surface area contributed by atoms with E-state index in [-0.39, 0.29) is 0 Å². The molecule has 2 rings (SSSR count). The Labute approximate surface area is 104 Å². The smallest absolute Gasteiger partial charge is 0.281 e. The molecular weight excluding hydrogens is 238 g/mol. The highest BCUT2D eigenvalue weighted by Gasteiger charge is 2.32. The molecule has 2 aliphatic heterocycles. The molecule has 0 atom stereocenters. The molecule has 6 heteroatoms. The van der Waals surface area contributed by atoms with Crippen LogP contribution in [0.5, 0.6) is 0 Å². The average Bonchev–Trinajstić information content (AvgIpc) is 2.40. The van der Waals surface area contributed by atoms with Gasteiger partial charge in [0.25, 0.3) is 10.2 Å². The molecule has 0 spiro atoms. The van der Waals surface area contributed by atoms with Crippen molar-refractivity contribution >= 4 is 10.2 Å². The highest BCUT2D eigenvalue weighted by molar-refractivity contribution is 7.86. The maximum atomic E-state index is 12.4. The lowest BCUT2D eigenvalue weighted by atomic mass is 10.1. The molecule has 1 N–H and O–H groups in total. The molecule has 0 aromatic carbocycles. The molecule has 0 radical (unpaired) electrons. The highest BCUT2D eigenvalue weighted by Crippen LogP contribution is 2.20. The normalized spacial score (nSPS) is 26.2. The van der Waals surface area contributed by atoms with Gasteiger partial charge in [-0.3, -0.25) is 0 Å². The number of hydrogen-bond donors (Lipinski definition) is 1. The van der Waals surface area contributed by atoms with E-state index < -0.39 is 10.2 Å². The van der Waals surface area contributed by atoms with Crippen molar-refractivity contribution in [3.63, 3.8) is 0 Å². The SMILES string of the molecule is CNC1CCN(S(=O)(=O)N2CCCCC2)CC1. The van der Waals surface area contributed by atoms with Crippen LogP contribution < -0.4 is 5.32 Å². The summed E-state index contributed by atoms with van der Waals surface area (Å²) >= 11 is 0. The van der Waals surface area contributed by atoms with Gasteiger partial charge in [-0.25, -0.2) is 0 Å². The Bertz CT molecular complexity index is 331. The molecule has 2 saturated heterocycles. The molecular formula is C11H23N3O2S. The van der Waals surface area contributed by atoms with Crippen LogP contribution in [0.3, 0.4) is 0 Å². The van der Waals surface area contributed by atoms with E-state index in [1.807, 2.05) is 7.05 Å². The zero-order valence-corrected chi connectivity index (χ0v) is 11.4. The number of hydrogen-bond acceptors (Lipinski definition) is 3. The monoisotopic (exact) mass is 261 g/mol. The van der Waals surface area contributed by atoms with E-state index in [1.165, 1.54) is 0 Å². The van der Waals surface area contributed by atoms with Gasteiger partial charge in [0.15, 0.2) is 0 Å². The van der Waals surface area contributed by atoms with Crippen molar-refractivity contribution < 1.29 is 8.42 Å². The first kappa shape index (κ1) is 13.3. The Morgan fingerprint density at radius 1 is 0.941 bits per heavy atom. The minimum atomic E-state index is -3.18. The van der Waals surface area contributed by atoms with E-state index in [2.05, 4.69) is 5.32 Å². The summed E-state index contributed by atoms with van der Waals surface area (Å²) in [5, 5.41) is 3.22. The molecule has 2 fully saturated rings. The van der Waals surface area contributed by atoms with Gasteiger partial charge >= 0.3 is 0 Å². The summed E-state index contributed by atoms with van der Waals surface area (Å²) < 4.78 is 28.1. The molecule has 0 unspecified atom stereocenters. The van der Waals surface area contributed by atoms with Crippen molar-refractivity contribution in [1.82, 2.24) is 13.9 Å². The molecule has 0 bridgehead atoms. The molecule has 0 aromatic heterocycles. The Morgan fingerprint density at radius 2 is 1.47 bits per heavy atom. The predicted octanol–water partition coefficient (Wildman–Crippen LogP) is 0.401. The van der Waals surface area contributed by atoms with Gasteiger partial charge in [-0.1, -0.05) is 6.42 Å². The summed E-state index contributed by atoms with van der Waals surface area (Å²) in [4.78, 5) is 0. The van der Waals surface area contributed by atoms with Crippen LogP contribution in [0.2, 0.25) is 0 Å². The first-order valence-electron chi connectivity index (χ1n) is 6.57. The van der Waals surface area contributed by atoms with E-state index in [9.17, 15) is 8.42 Å². The Kier molecular flexibility index (Phi) is 4.41. The van der Waals surface area contributed by atoms with E-state index in [0.717, 1.165) is 32.1 Å². The van der Waals surface area contributed by atoms with Crippen LogP contribution in [-0.4, -0.2) is 56.3 Å². The maximum absolute atomic E-state index is 12.4. The molecule has 2 heterocycles. The summed E-state index contributed by atoms with van der Waals surface area (Å²) in [5.41, 5.74) is 0. The second-order valence-corrected chi connectivity index (χ2v) is 6.86. The summed E-state index contributed by atoms with van der Waals surface area (Å²) in [5.74, 6) is 0. The van der Waals surface area contributed by atoms with Crippen LogP contribution >= 0.6 is 0 Å². The first-order valence-corrected chi connectivity index (χ1v) is 7.97. The third-order valence-corrected chi connectivity index (χ3v) is 5.87. The van der Waals surface area contributed by atoms with Gasteiger partial charge < -0.3 is 5.32 Å². The van der Waals surface area contributed by atoms with E-state index in [1.54, 1.807) is 8.61 Å². The topological polar surface area (TPSA) is 52.7 Å². The first-order chi connectivity index (χ1) is 8.14. The third kappa shape index (κ3) is 2.99. The minimum Gasteiger partial charge on any atom is -0.317 e. The Morgan fingerprint density at radius 3 is 2.00 bits per heavy atom. The van der Waals surface area contributed by atoms with Gasteiger partial charge in [-0.05, 0) is 32.7 Å². The maximum Gasteiger partial charge on any atom is 0.281 e. The highest BCUT2D eigenvalue weighted by atomic mass is 32.2. The largest absolute Gasteiger partial charge is 0.317 e. The van der Waals surface area contributed by atoms with Crippen LogP contribution in [0.4, 0.5) is 0 Å². The van der Waals surface area contributed by atoms with Crippen molar-refractivity contribution in [2.24, 2.45) is 0 Å². The molecule has 100 valence electrons. The average molecular weight is 261 g/mol. The van der Waals surface area contributed by atoms with Crippen molar-refractivity contribution in [3.8, 4) is 0 Å². The van der Waals surface area contributed by atoms with Gasteiger partial charge in [0.05, 0.1) is 0 Å². The van der Waals surface area contributed by atoms with Crippen LogP contribution in [-0.2, 0) is 10.2 Å². The molecule has 0 amide bonds. The summed E-state index contributed by atoms with van der Waals surface area (Å²) in [7, 11) is -1.23. The quantitative estimate of drug-likeness (QED) is 0.800. The lowest BCUT2D eigenvalue weighted by molar-refractivity contribution is 0.260. The molecule has 5 nitrogen and oxygen atoms in total. The third-order valence-electron chi connectivity index (χ3n) is 3.83. The zero-order valence-electron chi connectivity index (χ0n) is 10.6. The zero-order chi connectivity index (χ0) is 12.3. The van der Waals surface area contributed by atoms with Gasteiger partial charge in [0.2, 0.25) is 0 Å². The molecule has 17 heavy (non-hydrogen) atoms. The fraction of sp³-hybridized carbons (Fsp3) is 1.00. The van der Waals surface area contributed by atoms with E-state index in [0.29, 0.717) is 32.2 Å². The van der Waals surface area contributed by atoms with Crippen molar-refractivity contribution in [3.05, 3.63) is 0 Å². The lowest BCUT2D eigenvalue weighted by Gasteiger charge is -2.36. The number of piperidine rings is 2. The summed E-state index contributed by atoms with van der Waals surface area (Å²) in [6.45, 7) is 2.72. The molecule has 2 aliphatic rings. The number of nitrogens with zero attached hydrogens (tertiary/aromatic N) is 2. The van der Waals surface area contributed by atoms with Crippen LogP contribution in [0.15, 0.2) is 0 Å². The lowest BCUT2D eigenvalue weighted by Crippen LogP contribution is -2.50. The van der Waals surface area contributed by atoms with Crippen LogP contribution in [0.25, 0.3) is 0 Å². The van der Waals surface area contributed by atoms with Crippen LogP contribution in [0.1, 0.15) is 32.1 Å². The predicted molar refractivity (Wildman–Crippen MR) is 68.0 cm³/mol. The fourth-order valence-electron chi connectivity index (χ4n) is 2.63. The van der Waals surface area contributed by atoms with Crippen molar-refractivity contribution in [2.75, 3.05) is 33.2 Å². The minimum absolute atomic E-state index is 0.475. The molecule has 0 saturated carbocycles. The number of nitrogens with one attached hydrogen (secondary N) is 1. The molecule has 0 aliphatic carbocycles. The number of rotatable bonds is 3. The second-order valence-electron chi connectivity index (χ2n) is 4.93. The van der Waals surface area contributed by atoms with Crippen molar-refractivity contribution in [2.45, 2.75) is 38.1 Å². The van der Waals surface area contributed by atoms with E-state index >= 15 is 0 Å². The van der Waals surface area contributed by atoms with Gasteiger partial charge in [0.1, 0.15) is 0 Å². The standard InChI is InChI=1S/C11H23N3O2S/c1-12-11-5-9-14(10-6-11)17(15,16)13-7-3-2-4-8-13/h11-12H,2-10H2,1H3. The molecule has 0 aromatic rings. The Balaban J connectivity index is 1.96. The van der Waals surface area contributed by atoms with Gasteiger partial charge in [-0.2, -0.15) is 17.0 Å². The summed E-state index contributed by atoms with van der Waals surface area (Å²) in [6, 6.07) is 0.475.